The van der Waals surface area contributed by atoms with Gasteiger partial charge in [0, 0.05) is 17.5 Å². The summed E-state index contributed by atoms with van der Waals surface area (Å²) in [6.07, 6.45) is 1.10. The normalized spacial score (nSPS) is 11.3. The Hall–Kier alpha value is -2.78. The van der Waals surface area contributed by atoms with Gasteiger partial charge < -0.3 is 11.1 Å². The molecule has 9 heteroatoms. The topological polar surface area (TPSA) is 102 Å². The molecule has 3 N–H and O–H groups in total. The summed E-state index contributed by atoms with van der Waals surface area (Å²) in [6, 6.07) is 11.3. The molecule has 0 atom stereocenters. The van der Waals surface area contributed by atoms with Crippen molar-refractivity contribution < 1.29 is 17.6 Å². The number of sulfone groups is 1. The van der Waals surface area contributed by atoms with Gasteiger partial charge in [0.25, 0.3) is 0 Å². The number of anilines is 3. The van der Waals surface area contributed by atoms with E-state index in [-0.39, 0.29) is 27.2 Å². The number of rotatable bonds is 5. The summed E-state index contributed by atoms with van der Waals surface area (Å²) < 4.78 is 35.9. The van der Waals surface area contributed by atoms with E-state index in [1.54, 1.807) is 12.1 Å². The number of nitrogens with one attached hydrogen (secondary N) is 1. The zero-order valence-electron chi connectivity index (χ0n) is 13.6. The Labute approximate surface area is 153 Å². The minimum atomic E-state index is -3.33. The number of halogens is 1. The molecule has 0 radical (unpaired) electrons. The third kappa shape index (κ3) is 3.89. The molecule has 26 heavy (non-hydrogen) atoms. The van der Waals surface area contributed by atoms with Crippen LogP contribution >= 0.6 is 11.3 Å². The molecule has 0 aliphatic rings. The van der Waals surface area contributed by atoms with Crippen LogP contribution in [-0.4, -0.2) is 25.4 Å². The molecule has 0 bridgehead atoms. The van der Waals surface area contributed by atoms with E-state index in [1.165, 1.54) is 36.4 Å². The number of nitrogens with two attached hydrogens (primary N) is 1. The molecule has 0 spiro atoms. The van der Waals surface area contributed by atoms with Crippen molar-refractivity contribution in [2.75, 3.05) is 17.3 Å². The number of benzene rings is 2. The highest BCUT2D eigenvalue weighted by molar-refractivity contribution is 7.90. The highest BCUT2D eigenvalue weighted by Gasteiger charge is 2.19. The molecule has 3 aromatic rings. The fraction of sp³-hybridized carbons (Fsp3) is 0.0588. The third-order valence-electron chi connectivity index (χ3n) is 3.50. The second kappa shape index (κ2) is 6.85. The molecule has 0 unspecified atom stereocenters. The van der Waals surface area contributed by atoms with Crippen LogP contribution in [0.3, 0.4) is 0 Å². The van der Waals surface area contributed by atoms with Crippen LogP contribution in [0.15, 0.2) is 53.4 Å². The predicted octanol–water partition coefficient (Wildman–Crippen LogP) is 3.24. The van der Waals surface area contributed by atoms with Crippen molar-refractivity contribution in [3.8, 4) is 0 Å². The largest absolute Gasteiger partial charge is 0.382 e. The predicted molar refractivity (Wildman–Crippen MR) is 99.2 cm³/mol. The van der Waals surface area contributed by atoms with Crippen molar-refractivity contribution in [1.29, 1.82) is 0 Å². The van der Waals surface area contributed by atoms with Crippen molar-refractivity contribution in [1.82, 2.24) is 4.98 Å². The molecule has 6 nitrogen and oxygen atoms in total. The van der Waals surface area contributed by atoms with E-state index in [0.717, 1.165) is 17.6 Å². The number of thiazole rings is 1. The zero-order valence-corrected chi connectivity index (χ0v) is 15.2. The number of carbonyl (C=O) groups excluding carboxylic acids is 1. The van der Waals surface area contributed by atoms with Gasteiger partial charge in [-0.1, -0.05) is 11.3 Å². The number of hydrogen-bond donors (Lipinski definition) is 2. The molecule has 134 valence electrons. The van der Waals surface area contributed by atoms with E-state index in [9.17, 15) is 17.6 Å². The van der Waals surface area contributed by atoms with Gasteiger partial charge >= 0.3 is 0 Å². The van der Waals surface area contributed by atoms with Crippen molar-refractivity contribution in [2.24, 2.45) is 0 Å². The van der Waals surface area contributed by atoms with E-state index in [1.807, 2.05) is 0 Å². The first-order chi connectivity index (χ1) is 12.2. The number of nitrogen functional groups attached to an aromatic ring is 1. The lowest BCUT2D eigenvalue weighted by Gasteiger charge is -2.02. The molecule has 0 aliphatic carbocycles. The highest BCUT2D eigenvalue weighted by Crippen LogP contribution is 2.30. The van der Waals surface area contributed by atoms with Gasteiger partial charge in [-0.15, -0.1) is 0 Å². The molecule has 0 amide bonds. The third-order valence-corrected chi connectivity index (χ3v) is 5.61. The second-order valence-corrected chi connectivity index (χ2v) is 8.51. The van der Waals surface area contributed by atoms with Crippen molar-refractivity contribution in [3.05, 3.63) is 64.8 Å². The molecule has 1 heterocycles. The van der Waals surface area contributed by atoms with Crippen LogP contribution in [0, 0.1) is 5.82 Å². The molecule has 3 rings (SSSR count). The summed E-state index contributed by atoms with van der Waals surface area (Å²) in [5.41, 5.74) is 6.75. The highest BCUT2D eigenvalue weighted by atomic mass is 32.2. The Morgan fingerprint density at radius 2 is 1.73 bits per heavy atom. The van der Waals surface area contributed by atoms with Crippen LogP contribution in [-0.2, 0) is 9.84 Å². The summed E-state index contributed by atoms with van der Waals surface area (Å²) in [7, 11) is -3.33. The second-order valence-electron chi connectivity index (χ2n) is 5.49. The lowest BCUT2D eigenvalue weighted by molar-refractivity contribution is 0.104. The van der Waals surface area contributed by atoms with E-state index in [2.05, 4.69) is 10.3 Å². The zero-order chi connectivity index (χ0) is 18.9. The fourth-order valence-electron chi connectivity index (χ4n) is 2.19. The summed E-state index contributed by atoms with van der Waals surface area (Å²) >= 11 is 1.06. The van der Waals surface area contributed by atoms with Gasteiger partial charge in [0.15, 0.2) is 15.0 Å². The Morgan fingerprint density at radius 1 is 1.12 bits per heavy atom. The maximum absolute atomic E-state index is 12.9. The van der Waals surface area contributed by atoms with Gasteiger partial charge in [-0.25, -0.2) is 17.8 Å². The van der Waals surface area contributed by atoms with Gasteiger partial charge in [-0.2, -0.15) is 0 Å². The molecule has 0 saturated carbocycles. The van der Waals surface area contributed by atoms with Crippen LogP contribution in [0.2, 0.25) is 0 Å². The summed E-state index contributed by atoms with van der Waals surface area (Å²) in [5, 5.41) is 3.35. The Morgan fingerprint density at radius 3 is 2.31 bits per heavy atom. The Kier molecular flexibility index (Phi) is 4.75. The summed E-state index contributed by atoms with van der Waals surface area (Å²) in [6.45, 7) is 0. The monoisotopic (exact) mass is 391 g/mol. The quantitative estimate of drug-likeness (QED) is 0.648. The number of ketones is 1. The van der Waals surface area contributed by atoms with E-state index >= 15 is 0 Å². The molecule has 1 aromatic heterocycles. The number of aromatic nitrogens is 1. The number of nitrogens with zero attached hydrogens (tertiary/aromatic N) is 1. The SMILES string of the molecule is CS(=O)(=O)c1ccc(C(=O)c2sc(Nc3ccc(F)cc3)nc2N)cc1. The molecule has 0 aliphatic heterocycles. The average molecular weight is 391 g/mol. The molecular weight excluding hydrogens is 377 g/mol. The van der Waals surface area contributed by atoms with Crippen LogP contribution < -0.4 is 11.1 Å². The Balaban J connectivity index is 1.84. The van der Waals surface area contributed by atoms with Gasteiger partial charge in [0.05, 0.1) is 4.90 Å². The summed E-state index contributed by atoms with van der Waals surface area (Å²) in [5.74, 6) is -0.647. The van der Waals surface area contributed by atoms with Crippen LogP contribution in [0.5, 0.6) is 0 Å². The van der Waals surface area contributed by atoms with Gasteiger partial charge in [0.2, 0.25) is 5.78 Å². The van der Waals surface area contributed by atoms with Gasteiger partial charge in [0.1, 0.15) is 16.5 Å². The molecule has 2 aromatic carbocycles. The average Bonchev–Trinajstić information content (AvgIpc) is 2.96. The minimum Gasteiger partial charge on any atom is -0.382 e. The molecular formula is C17H14FN3O3S2. The molecule has 0 saturated heterocycles. The number of carbonyl (C=O) groups is 1. The van der Waals surface area contributed by atoms with Crippen molar-refractivity contribution in [3.63, 3.8) is 0 Å². The summed E-state index contributed by atoms with van der Waals surface area (Å²) in [4.78, 5) is 17.1. The maximum Gasteiger partial charge on any atom is 0.206 e. The first-order valence-electron chi connectivity index (χ1n) is 7.38. The smallest absolute Gasteiger partial charge is 0.206 e. The van der Waals surface area contributed by atoms with Crippen molar-refractivity contribution >= 4 is 43.6 Å². The van der Waals surface area contributed by atoms with Crippen LogP contribution in [0.25, 0.3) is 0 Å². The first-order valence-corrected chi connectivity index (χ1v) is 10.1. The van der Waals surface area contributed by atoms with Crippen molar-refractivity contribution in [2.45, 2.75) is 4.90 Å². The maximum atomic E-state index is 12.9. The molecule has 0 fully saturated rings. The fourth-order valence-corrected chi connectivity index (χ4v) is 3.69. The number of hydrogen-bond acceptors (Lipinski definition) is 7. The minimum absolute atomic E-state index is 0.0665. The van der Waals surface area contributed by atoms with Gasteiger partial charge in [-0.05, 0) is 48.5 Å². The van der Waals surface area contributed by atoms with E-state index in [4.69, 9.17) is 5.73 Å². The lowest BCUT2D eigenvalue weighted by atomic mass is 10.1. The first kappa shape index (κ1) is 18.0. The van der Waals surface area contributed by atoms with Crippen LogP contribution in [0.4, 0.5) is 21.0 Å². The van der Waals surface area contributed by atoms with E-state index in [0.29, 0.717) is 16.4 Å². The van der Waals surface area contributed by atoms with E-state index < -0.39 is 9.84 Å². The standard InChI is InChI=1S/C17H14FN3O3S2/c1-26(23,24)13-8-2-10(3-9-13)14(22)15-16(19)21-17(25-15)20-12-6-4-11(18)5-7-12/h2-9H,19H2,1H3,(H,20,21). The van der Waals surface area contributed by atoms with Crippen LogP contribution in [0.1, 0.15) is 15.2 Å². The Bertz CT molecular complexity index is 1060. The van der Waals surface area contributed by atoms with Gasteiger partial charge in [-0.3, -0.25) is 4.79 Å². The lowest BCUT2D eigenvalue weighted by Crippen LogP contribution is -2.04.